The van der Waals surface area contributed by atoms with E-state index in [1.165, 1.54) is 0 Å². The van der Waals surface area contributed by atoms with Crippen molar-refractivity contribution in [3.8, 4) is 11.5 Å². The standard InChI is InChI=1S/C12H17NO3/c1-8-4-9(14-2)5-10(15-3)11(8)12(13)6-16-7-12/h4-5H,6-7,13H2,1-3H3. The van der Waals surface area contributed by atoms with Crippen LogP contribution in [-0.2, 0) is 10.3 Å². The summed E-state index contributed by atoms with van der Waals surface area (Å²) in [5.74, 6) is 1.55. The van der Waals surface area contributed by atoms with Crippen LogP contribution in [0.25, 0.3) is 0 Å². The summed E-state index contributed by atoms with van der Waals surface area (Å²) >= 11 is 0. The van der Waals surface area contributed by atoms with Crippen LogP contribution >= 0.6 is 0 Å². The minimum atomic E-state index is -0.415. The molecule has 0 saturated carbocycles. The molecule has 88 valence electrons. The molecule has 4 nitrogen and oxygen atoms in total. The molecule has 1 aliphatic heterocycles. The normalized spacial score (nSPS) is 17.8. The lowest BCUT2D eigenvalue weighted by Crippen LogP contribution is -2.54. The Labute approximate surface area is 95.3 Å². The highest BCUT2D eigenvalue weighted by Gasteiger charge is 2.39. The number of hydrogen-bond acceptors (Lipinski definition) is 4. The lowest BCUT2D eigenvalue weighted by molar-refractivity contribution is -0.0581. The number of ether oxygens (including phenoxy) is 3. The van der Waals surface area contributed by atoms with E-state index in [9.17, 15) is 0 Å². The molecule has 16 heavy (non-hydrogen) atoms. The summed E-state index contributed by atoms with van der Waals surface area (Å²) < 4.78 is 15.8. The maximum atomic E-state index is 6.25. The van der Waals surface area contributed by atoms with Crippen molar-refractivity contribution in [2.75, 3.05) is 27.4 Å². The van der Waals surface area contributed by atoms with Gasteiger partial charge in [0.05, 0.1) is 33.0 Å². The summed E-state index contributed by atoms with van der Waals surface area (Å²) in [4.78, 5) is 0. The molecule has 2 rings (SSSR count). The molecule has 0 aromatic heterocycles. The second-order valence-electron chi connectivity index (χ2n) is 4.17. The highest BCUT2D eigenvalue weighted by Crippen LogP contribution is 2.38. The van der Waals surface area contributed by atoms with Crippen LogP contribution in [0.5, 0.6) is 11.5 Å². The van der Waals surface area contributed by atoms with Gasteiger partial charge in [0.15, 0.2) is 0 Å². The van der Waals surface area contributed by atoms with Gasteiger partial charge in [-0.1, -0.05) is 0 Å². The van der Waals surface area contributed by atoms with Gasteiger partial charge in [-0.15, -0.1) is 0 Å². The van der Waals surface area contributed by atoms with Crippen molar-refractivity contribution in [3.63, 3.8) is 0 Å². The third-order valence-electron chi connectivity index (χ3n) is 2.95. The zero-order valence-corrected chi connectivity index (χ0v) is 9.87. The number of rotatable bonds is 3. The van der Waals surface area contributed by atoms with E-state index < -0.39 is 5.54 Å². The van der Waals surface area contributed by atoms with Gasteiger partial charge in [-0.25, -0.2) is 0 Å². The Morgan fingerprint density at radius 2 is 1.94 bits per heavy atom. The highest BCUT2D eigenvalue weighted by molar-refractivity contribution is 5.50. The van der Waals surface area contributed by atoms with Crippen molar-refractivity contribution in [1.82, 2.24) is 0 Å². The Morgan fingerprint density at radius 3 is 2.38 bits per heavy atom. The van der Waals surface area contributed by atoms with Gasteiger partial charge in [-0.3, -0.25) is 0 Å². The first-order chi connectivity index (χ1) is 7.60. The predicted octanol–water partition coefficient (Wildman–Crippen LogP) is 1.20. The fourth-order valence-corrected chi connectivity index (χ4v) is 2.11. The lowest BCUT2D eigenvalue weighted by atomic mass is 9.85. The van der Waals surface area contributed by atoms with E-state index in [1.807, 2.05) is 19.1 Å². The molecule has 0 atom stereocenters. The molecule has 4 heteroatoms. The van der Waals surface area contributed by atoms with Gasteiger partial charge in [0, 0.05) is 11.6 Å². The number of methoxy groups -OCH3 is 2. The van der Waals surface area contributed by atoms with Gasteiger partial charge < -0.3 is 19.9 Å². The number of benzene rings is 1. The SMILES string of the molecule is COc1cc(C)c(C2(N)COC2)c(OC)c1. The minimum absolute atomic E-state index is 0.415. The van der Waals surface area contributed by atoms with E-state index in [1.54, 1.807) is 14.2 Å². The van der Waals surface area contributed by atoms with Crippen LogP contribution in [0, 0.1) is 6.92 Å². The maximum absolute atomic E-state index is 6.25. The molecule has 1 saturated heterocycles. The van der Waals surface area contributed by atoms with Crippen LogP contribution in [0.1, 0.15) is 11.1 Å². The van der Waals surface area contributed by atoms with Crippen LogP contribution in [0.15, 0.2) is 12.1 Å². The third kappa shape index (κ3) is 1.64. The molecule has 0 spiro atoms. The van der Waals surface area contributed by atoms with E-state index in [-0.39, 0.29) is 0 Å². The van der Waals surface area contributed by atoms with Crippen molar-refractivity contribution in [1.29, 1.82) is 0 Å². The van der Waals surface area contributed by atoms with E-state index in [0.717, 1.165) is 22.6 Å². The molecular formula is C12H17NO3. The summed E-state index contributed by atoms with van der Waals surface area (Å²) in [6, 6.07) is 3.82. The zero-order valence-electron chi connectivity index (χ0n) is 9.87. The molecule has 1 aromatic rings. The van der Waals surface area contributed by atoms with Crippen molar-refractivity contribution in [2.24, 2.45) is 5.73 Å². The summed E-state index contributed by atoms with van der Waals surface area (Å²) in [5.41, 5.74) is 7.92. The van der Waals surface area contributed by atoms with E-state index in [4.69, 9.17) is 19.9 Å². The number of aryl methyl sites for hydroxylation is 1. The Morgan fingerprint density at radius 1 is 1.25 bits per heavy atom. The largest absolute Gasteiger partial charge is 0.497 e. The average Bonchev–Trinajstić information content (AvgIpc) is 2.24. The summed E-state index contributed by atoms with van der Waals surface area (Å²) in [6.45, 7) is 3.08. The first-order valence-electron chi connectivity index (χ1n) is 5.20. The molecule has 0 unspecified atom stereocenters. The fourth-order valence-electron chi connectivity index (χ4n) is 2.11. The van der Waals surface area contributed by atoms with Crippen LogP contribution in [-0.4, -0.2) is 27.4 Å². The smallest absolute Gasteiger partial charge is 0.128 e. The Hall–Kier alpha value is -1.26. The predicted molar refractivity (Wildman–Crippen MR) is 61.0 cm³/mol. The van der Waals surface area contributed by atoms with Gasteiger partial charge in [0.1, 0.15) is 11.5 Å². The van der Waals surface area contributed by atoms with Gasteiger partial charge >= 0.3 is 0 Å². The first kappa shape index (κ1) is 11.2. The fraction of sp³-hybridized carbons (Fsp3) is 0.500. The highest BCUT2D eigenvalue weighted by atomic mass is 16.5. The molecular weight excluding hydrogens is 206 g/mol. The number of hydrogen-bond donors (Lipinski definition) is 1. The van der Waals surface area contributed by atoms with E-state index >= 15 is 0 Å². The minimum Gasteiger partial charge on any atom is -0.497 e. The van der Waals surface area contributed by atoms with Crippen molar-refractivity contribution >= 4 is 0 Å². The quantitative estimate of drug-likeness (QED) is 0.836. The molecule has 0 radical (unpaired) electrons. The molecule has 2 N–H and O–H groups in total. The summed E-state index contributed by atoms with van der Waals surface area (Å²) in [7, 11) is 3.28. The second-order valence-corrected chi connectivity index (χ2v) is 4.17. The van der Waals surface area contributed by atoms with Crippen molar-refractivity contribution in [2.45, 2.75) is 12.5 Å². The van der Waals surface area contributed by atoms with Crippen LogP contribution < -0.4 is 15.2 Å². The summed E-state index contributed by atoms with van der Waals surface area (Å²) in [5, 5.41) is 0. The van der Waals surface area contributed by atoms with Gasteiger partial charge in [-0.05, 0) is 18.6 Å². The maximum Gasteiger partial charge on any atom is 0.128 e. The summed E-state index contributed by atoms with van der Waals surface area (Å²) in [6.07, 6.45) is 0. The van der Waals surface area contributed by atoms with E-state index in [2.05, 4.69) is 0 Å². The van der Waals surface area contributed by atoms with Crippen LogP contribution in [0.2, 0.25) is 0 Å². The molecule has 0 aliphatic carbocycles. The molecule has 1 heterocycles. The van der Waals surface area contributed by atoms with Crippen molar-refractivity contribution in [3.05, 3.63) is 23.3 Å². The topological polar surface area (TPSA) is 53.7 Å². The van der Waals surface area contributed by atoms with E-state index in [0.29, 0.717) is 13.2 Å². The van der Waals surface area contributed by atoms with Crippen molar-refractivity contribution < 1.29 is 14.2 Å². The third-order valence-corrected chi connectivity index (χ3v) is 2.95. The Bertz CT molecular complexity index is 399. The number of nitrogens with two attached hydrogens (primary N) is 1. The van der Waals surface area contributed by atoms with Crippen LogP contribution in [0.3, 0.4) is 0 Å². The second kappa shape index (κ2) is 3.96. The van der Waals surface area contributed by atoms with Gasteiger partial charge in [-0.2, -0.15) is 0 Å². The van der Waals surface area contributed by atoms with Crippen LogP contribution in [0.4, 0.5) is 0 Å². The molecule has 1 fully saturated rings. The van der Waals surface area contributed by atoms with Gasteiger partial charge in [0.2, 0.25) is 0 Å². The Kier molecular flexibility index (Phi) is 2.78. The molecule has 1 aliphatic rings. The average molecular weight is 223 g/mol. The zero-order chi connectivity index (χ0) is 11.8. The van der Waals surface area contributed by atoms with Gasteiger partial charge in [0.25, 0.3) is 0 Å². The molecule has 0 bridgehead atoms. The Balaban J connectivity index is 2.50. The first-order valence-corrected chi connectivity index (χ1v) is 5.20. The molecule has 0 amide bonds. The molecule has 1 aromatic carbocycles. The lowest BCUT2D eigenvalue weighted by Gasteiger charge is -2.40. The monoisotopic (exact) mass is 223 g/mol.